The Morgan fingerprint density at radius 1 is 1.43 bits per heavy atom. The Balaban J connectivity index is 2.20. The molecule has 0 bridgehead atoms. The quantitative estimate of drug-likeness (QED) is 0.622. The van der Waals surface area contributed by atoms with E-state index in [-0.39, 0.29) is 23.3 Å². The predicted octanol–water partition coefficient (Wildman–Crippen LogP) is 1.57. The molecule has 1 amide bonds. The molecular weight excluding hydrogens is 276 g/mol. The molecule has 0 spiro atoms. The van der Waals surface area contributed by atoms with Crippen LogP contribution >= 0.6 is 0 Å². The summed E-state index contributed by atoms with van der Waals surface area (Å²) in [4.78, 5) is 24.5. The first-order chi connectivity index (χ1) is 10.0. The van der Waals surface area contributed by atoms with Gasteiger partial charge in [0.1, 0.15) is 0 Å². The van der Waals surface area contributed by atoms with Crippen LogP contribution < -0.4 is 4.74 Å². The lowest BCUT2D eigenvalue weighted by molar-refractivity contribution is -0.385. The van der Waals surface area contributed by atoms with E-state index in [1.54, 1.807) is 24.0 Å². The van der Waals surface area contributed by atoms with Crippen molar-refractivity contribution in [1.82, 2.24) is 4.90 Å². The summed E-state index contributed by atoms with van der Waals surface area (Å²) >= 11 is 0. The van der Waals surface area contributed by atoms with Crippen molar-refractivity contribution in [3.8, 4) is 5.75 Å². The van der Waals surface area contributed by atoms with Crippen LogP contribution in [0.25, 0.3) is 0 Å². The maximum absolute atomic E-state index is 12.4. The fourth-order valence-electron chi connectivity index (χ4n) is 2.31. The summed E-state index contributed by atoms with van der Waals surface area (Å²) in [6.45, 7) is 4.03. The van der Waals surface area contributed by atoms with Gasteiger partial charge in [-0.05, 0) is 18.6 Å². The van der Waals surface area contributed by atoms with Gasteiger partial charge in [0, 0.05) is 19.2 Å². The predicted molar refractivity (Wildman–Crippen MR) is 75.5 cm³/mol. The highest BCUT2D eigenvalue weighted by atomic mass is 16.6. The molecule has 1 aromatic rings. The molecule has 0 aliphatic carbocycles. The highest BCUT2D eigenvalue weighted by molar-refractivity contribution is 5.83. The normalized spacial score (nSPS) is 16.4. The third-order valence-corrected chi connectivity index (χ3v) is 3.59. The van der Waals surface area contributed by atoms with Gasteiger partial charge in [-0.3, -0.25) is 14.9 Å². The SMILES string of the molecule is COc1cc(C(C)C(=O)N2CCOCC2)ccc1[N+](=O)[O-]. The van der Waals surface area contributed by atoms with Crippen molar-refractivity contribution >= 4 is 11.6 Å². The first kappa shape index (κ1) is 15.2. The minimum Gasteiger partial charge on any atom is -0.490 e. The van der Waals surface area contributed by atoms with Crippen LogP contribution in [0.5, 0.6) is 5.75 Å². The van der Waals surface area contributed by atoms with Crippen LogP contribution in [-0.4, -0.2) is 49.1 Å². The van der Waals surface area contributed by atoms with E-state index in [9.17, 15) is 14.9 Å². The number of rotatable bonds is 4. The second-order valence-corrected chi connectivity index (χ2v) is 4.85. The zero-order valence-electron chi connectivity index (χ0n) is 12.1. The summed E-state index contributed by atoms with van der Waals surface area (Å²) in [5, 5.41) is 10.9. The van der Waals surface area contributed by atoms with E-state index in [1.807, 2.05) is 0 Å². The summed E-state index contributed by atoms with van der Waals surface area (Å²) < 4.78 is 10.3. The maximum Gasteiger partial charge on any atom is 0.310 e. The molecule has 0 saturated carbocycles. The van der Waals surface area contributed by atoms with E-state index in [0.717, 1.165) is 0 Å². The molecule has 21 heavy (non-hydrogen) atoms. The number of methoxy groups -OCH3 is 1. The van der Waals surface area contributed by atoms with Gasteiger partial charge in [-0.1, -0.05) is 6.07 Å². The average molecular weight is 294 g/mol. The molecule has 7 heteroatoms. The van der Waals surface area contributed by atoms with Crippen LogP contribution in [0.2, 0.25) is 0 Å². The van der Waals surface area contributed by atoms with Crippen LogP contribution in [0, 0.1) is 10.1 Å². The van der Waals surface area contributed by atoms with Crippen LogP contribution in [0.3, 0.4) is 0 Å². The van der Waals surface area contributed by atoms with Crippen LogP contribution in [-0.2, 0) is 9.53 Å². The molecule has 7 nitrogen and oxygen atoms in total. The number of carbonyl (C=O) groups excluding carboxylic acids is 1. The Morgan fingerprint density at radius 2 is 2.10 bits per heavy atom. The first-order valence-corrected chi connectivity index (χ1v) is 6.73. The number of nitro groups is 1. The van der Waals surface area contributed by atoms with Crippen molar-refractivity contribution in [2.75, 3.05) is 33.4 Å². The average Bonchev–Trinajstić information content (AvgIpc) is 2.53. The number of ether oxygens (including phenoxy) is 2. The molecule has 1 heterocycles. The summed E-state index contributed by atoms with van der Waals surface area (Å²) in [5.74, 6) is -0.217. The van der Waals surface area contributed by atoms with E-state index in [2.05, 4.69) is 0 Å². The summed E-state index contributed by atoms with van der Waals surface area (Å²) in [5.41, 5.74) is 0.598. The molecular formula is C14H18N2O5. The maximum atomic E-state index is 12.4. The third kappa shape index (κ3) is 3.30. The Labute approximate surface area is 122 Å². The van der Waals surface area contributed by atoms with Gasteiger partial charge in [-0.25, -0.2) is 0 Å². The molecule has 2 rings (SSSR count). The van der Waals surface area contributed by atoms with Crippen molar-refractivity contribution in [1.29, 1.82) is 0 Å². The van der Waals surface area contributed by atoms with Crippen LogP contribution in [0.15, 0.2) is 18.2 Å². The van der Waals surface area contributed by atoms with Crippen molar-refractivity contribution in [3.63, 3.8) is 0 Å². The van der Waals surface area contributed by atoms with Gasteiger partial charge in [0.2, 0.25) is 5.91 Å². The van der Waals surface area contributed by atoms with Gasteiger partial charge >= 0.3 is 5.69 Å². The van der Waals surface area contributed by atoms with Crippen molar-refractivity contribution in [2.45, 2.75) is 12.8 Å². The van der Waals surface area contributed by atoms with Gasteiger partial charge in [0.25, 0.3) is 0 Å². The molecule has 1 aliphatic heterocycles. The molecule has 1 atom stereocenters. The van der Waals surface area contributed by atoms with E-state index in [0.29, 0.717) is 31.9 Å². The lowest BCUT2D eigenvalue weighted by atomic mass is 9.98. The zero-order valence-corrected chi connectivity index (χ0v) is 12.1. The molecule has 0 radical (unpaired) electrons. The smallest absolute Gasteiger partial charge is 0.310 e. The van der Waals surface area contributed by atoms with Gasteiger partial charge in [0.15, 0.2) is 5.75 Å². The summed E-state index contributed by atoms with van der Waals surface area (Å²) in [6, 6.07) is 4.53. The molecule has 1 saturated heterocycles. The van der Waals surface area contributed by atoms with Crippen molar-refractivity contribution in [2.24, 2.45) is 0 Å². The fourth-order valence-corrected chi connectivity index (χ4v) is 2.31. The molecule has 0 N–H and O–H groups in total. The Kier molecular flexibility index (Phi) is 4.74. The minimum atomic E-state index is -0.503. The van der Waals surface area contributed by atoms with E-state index >= 15 is 0 Å². The number of nitro benzene ring substituents is 1. The fraction of sp³-hybridized carbons (Fsp3) is 0.500. The van der Waals surface area contributed by atoms with E-state index in [1.165, 1.54) is 13.2 Å². The molecule has 0 aromatic heterocycles. The number of hydrogen-bond donors (Lipinski definition) is 0. The second kappa shape index (κ2) is 6.53. The Bertz CT molecular complexity index is 540. The summed E-state index contributed by atoms with van der Waals surface area (Å²) in [7, 11) is 1.38. The molecule has 114 valence electrons. The van der Waals surface area contributed by atoms with Gasteiger partial charge in [-0.2, -0.15) is 0 Å². The van der Waals surface area contributed by atoms with Gasteiger partial charge < -0.3 is 14.4 Å². The first-order valence-electron chi connectivity index (χ1n) is 6.73. The van der Waals surface area contributed by atoms with E-state index in [4.69, 9.17) is 9.47 Å². The standard InChI is InChI=1S/C14H18N2O5/c1-10(14(17)15-5-7-21-8-6-15)11-3-4-12(16(18)19)13(9-11)20-2/h3-4,9-10H,5-8H2,1-2H3. The minimum absolute atomic E-state index is 0.00536. The van der Waals surface area contributed by atoms with Crippen molar-refractivity contribution in [3.05, 3.63) is 33.9 Å². The lowest BCUT2D eigenvalue weighted by Gasteiger charge is -2.29. The Morgan fingerprint density at radius 3 is 2.67 bits per heavy atom. The van der Waals surface area contributed by atoms with Crippen LogP contribution in [0.4, 0.5) is 5.69 Å². The Hall–Kier alpha value is -2.15. The number of morpholine rings is 1. The molecule has 1 fully saturated rings. The van der Waals surface area contributed by atoms with Crippen molar-refractivity contribution < 1.29 is 19.2 Å². The molecule has 1 unspecified atom stereocenters. The largest absolute Gasteiger partial charge is 0.490 e. The number of benzene rings is 1. The zero-order chi connectivity index (χ0) is 15.4. The number of amides is 1. The highest BCUT2D eigenvalue weighted by Gasteiger charge is 2.25. The second-order valence-electron chi connectivity index (χ2n) is 4.85. The third-order valence-electron chi connectivity index (χ3n) is 3.59. The molecule has 1 aliphatic rings. The highest BCUT2D eigenvalue weighted by Crippen LogP contribution is 2.31. The monoisotopic (exact) mass is 294 g/mol. The summed E-state index contributed by atoms with van der Waals surface area (Å²) in [6.07, 6.45) is 0. The number of hydrogen-bond acceptors (Lipinski definition) is 5. The topological polar surface area (TPSA) is 81.9 Å². The molecule has 1 aromatic carbocycles. The number of nitrogens with zero attached hydrogens (tertiary/aromatic N) is 2. The van der Waals surface area contributed by atoms with Gasteiger partial charge in [0.05, 0.1) is 31.2 Å². The van der Waals surface area contributed by atoms with Crippen LogP contribution in [0.1, 0.15) is 18.4 Å². The number of carbonyl (C=O) groups is 1. The lowest BCUT2D eigenvalue weighted by Crippen LogP contribution is -2.42. The van der Waals surface area contributed by atoms with E-state index < -0.39 is 4.92 Å². The van der Waals surface area contributed by atoms with Gasteiger partial charge in [-0.15, -0.1) is 0 Å².